The van der Waals surface area contributed by atoms with Crippen molar-refractivity contribution in [3.8, 4) is 0 Å². The molecule has 8 nitrogen and oxygen atoms in total. The van der Waals surface area contributed by atoms with Gasteiger partial charge in [0, 0.05) is 37.5 Å². The van der Waals surface area contributed by atoms with Crippen LogP contribution in [0.15, 0.2) is 46.6 Å². The number of fused-ring (bicyclic) bond motifs is 10. The smallest absolute Gasteiger partial charge is 0.303 e. The van der Waals surface area contributed by atoms with Crippen molar-refractivity contribution in [3.63, 3.8) is 0 Å². The Hall–Kier alpha value is -3.42. The molecule has 0 N–H and O–H groups in total. The van der Waals surface area contributed by atoms with Gasteiger partial charge in [-0.2, -0.15) is 0 Å². The van der Waals surface area contributed by atoms with Crippen molar-refractivity contribution in [2.75, 3.05) is 0 Å². The van der Waals surface area contributed by atoms with E-state index in [2.05, 4.69) is 53.7 Å². The molecule has 0 aromatic rings. The number of rotatable bonds is 4. The summed E-state index contributed by atoms with van der Waals surface area (Å²) in [5.41, 5.74) is 2.31. The molecule has 8 heteroatoms. The van der Waals surface area contributed by atoms with Crippen molar-refractivity contribution < 1.29 is 38.2 Å². The van der Waals surface area contributed by atoms with E-state index in [0.717, 1.165) is 51.4 Å². The fraction of sp³-hybridized carbons (Fsp3) is 0.708. The summed E-state index contributed by atoms with van der Waals surface area (Å²) in [5, 5.41) is 0. The molecule has 4 fully saturated rings. The summed E-state index contributed by atoms with van der Waals surface area (Å²) in [5.74, 6) is 2.06. The van der Waals surface area contributed by atoms with E-state index in [-0.39, 0.29) is 56.7 Å². The van der Waals surface area contributed by atoms with Crippen LogP contribution in [0.2, 0.25) is 0 Å². The van der Waals surface area contributed by atoms with E-state index in [1.807, 2.05) is 12.2 Å². The van der Waals surface area contributed by atoms with E-state index < -0.39 is 11.2 Å². The summed E-state index contributed by atoms with van der Waals surface area (Å²) in [6.45, 7) is 19.3. The van der Waals surface area contributed by atoms with Crippen LogP contribution in [-0.2, 0) is 38.2 Å². The maximum absolute atomic E-state index is 12.8. The zero-order chi connectivity index (χ0) is 41.0. The second-order valence-corrected chi connectivity index (χ2v) is 20.1. The Morgan fingerprint density at radius 3 is 1.20 bits per heavy atom. The molecule has 56 heavy (non-hydrogen) atoms. The molecule has 8 rings (SSSR count). The summed E-state index contributed by atoms with van der Waals surface area (Å²) in [6.07, 6.45) is 18.4. The van der Waals surface area contributed by atoms with Gasteiger partial charge in [0.2, 0.25) is 0 Å². The van der Waals surface area contributed by atoms with E-state index in [0.29, 0.717) is 61.2 Å². The second kappa shape index (κ2) is 13.6. The minimum atomic E-state index is -0.990. The Labute approximate surface area is 333 Å². The molecule has 0 radical (unpaired) electrons. The lowest BCUT2D eigenvalue weighted by atomic mass is 9.47. The Bertz CT molecular complexity index is 1780. The van der Waals surface area contributed by atoms with Crippen LogP contribution in [0, 0.1) is 57.2 Å². The summed E-state index contributed by atoms with van der Waals surface area (Å²) in [4.78, 5) is 73.5. The standard InChI is InChI=1S/2C24H32O4/c2*1-14-12-18-19(22(4)9-6-17(27)13-21(14)22)7-10-23(5)20(18)8-11-24(23,15(2)25)28-16(3)26/h2*12-13,18-20H,6-11H2,1-5H3/t2*18-,19+,20+,22-,23+,24+/m11/s1. The average molecular weight is 769 g/mol. The van der Waals surface area contributed by atoms with Crippen LogP contribution in [0.4, 0.5) is 0 Å². The molecule has 4 saturated carbocycles. The SMILES string of the molecule is CC(=O)O[C@]1(C(C)=O)CC[C@H]2[C@@H]3C=C(C)C4=CC(=O)CC[C@]4(C)[C@H]3CC[C@@]21C.CC(=O)O[C@]1(C(C)=O)CC[C@H]2[C@@H]3C=C(C)C4=CC(=O)CC[C@]4(C)[C@H]3CC[C@@]21C. The number of esters is 2. The Morgan fingerprint density at radius 1 is 0.536 bits per heavy atom. The average Bonchev–Trinajstić information content (AvgIpc) is 3.58. The predicted octanol–water partition coefficient (Wildman–Crippen LogP) is 9.15. The Morgan fingerprint density at radius 2 is 0.875 bits per heavy atom. The molecule has 8 aliphatic carbocycles. The molecule has 0 spiro atoms. The van der Waals surface area contributed by atoms with Crippen LogP contribution < -0.4 is 0 Å². The third kappa shape index (κ3) is 5.63. The van der Waals surface area contributed by atoms with E-state index in [4.69, 9.17) is 9.47 Å². The molecular weight excluding hydrogens is 705 g/mol. The van der Waals surface area contributed by atoms with Gasteiger partial charge < -0.3 is 9.47 Å². The van der Waals surface area contributed by atoms with Crippen LogP contribution in [-0.4, -0.2) is 46.3 Å². The third-order valence-electron chi connectivity index (χ3n) is 17.7. The van der Waals surface area contributed by atoms with Gasteiger partial charge in [0.1, 0.15) is 0 Å². The first-order valence-corrected chi connectivity index (χ1v) is 21.4. The normalized spacial score (nSPS) is 44.6. The van der Waals surface area contributed by atoms with Gasteiger partial charge in [0.15, 0.2) is 34.3 Å². The minimum absolute atomic E-state index is 0.0160. The number of ether oxygens (including phenoxy) is 2. The molecule has 304 valence electrons. The van der Waals surface area contributed by atoms with Gasteiger partial charge in [0.05, 0.1) is 0 Å². The van der Waals surface area contributed by atoms with Crippen LogP contribution in [0.3, 0.4) is 0 Å². The van der Waals surface area contributed by atoms with Crippen molar-refractivity contribution in [1.29, 1.82) is 0 Å². The first-order chi connectivity index (χ1) is 26.1. The molecule has 12 atom stereocenters. The van der Waals surface area contributed by atoms with Gasteiger partial charge in [-0.1, -0.05) is 51.0 Å². The predicted molar refractivity (Wildman–Crippen MR) is 213 cm³/mol. The molecule has 0 unspecified atom stereocenters. The largest absolute Gasteiger partial charge is 0.451 e. The lowest BCUT2D eigenvalue weighted by Crippen LogP contribution is -2.58. The van der Waals surface area contributed by atoms with Gasteiger partial charge in [-0.25, -0.2) is 0 Å². The molecule has 0 heterocycles. The van der Waals surface area contributed by atoms with E-state index in [1.165, 1.54) is 36.1 Å². The number of ketones is 4. The van der Waals surface area contributed by atoms with Crippen molar-refractivity contribution in [3.05, 3.63) is 46.6 Å². The lowest BCUT2D eigenvalue weighted by molar-refractivity contribution is -0.185. The molecule has 0 aliphatic heterocycles. The highest BCUT2D eigenvalue weighted by Gasteiger charge is 2.69. The highest BCUT2D eigenvalue weighted by molar-refractivity contribution is 5.93. The number of hydrogen-bond donors (Lipinski definition) is 0. The van der Waals surface area contributed by atoms with Crippen LogP contribution in [0.5, 0.6) is 0 Å². The number of allylic oxidation sites excluding steroid dienone is 8. The first-order valence-electron chi connectivity index (χ1n) is 21.4. The third-order valence-corrected chi connectivity index (χ3v) is 17.7. The number of hydrogen-bond acceptors (Lipinski definition) is 8. The number of carbonyl (C=O) groups is 6. The molecule has 0 bridgehead atoms. The van der Waals surface area contributed by atoms with Crippen molar-refractivity contribution in [1.82, 2.24) is 0 Å². The zero-order valence-electron chi connectivity index (χ0n) is 35.5. The lowest BCUT2D eigenvalue weighted by Gasteiger charge is -2.58. The molecule has 0 aromatic carbocycles. The van der Waals surface area contributed by atoms with Gasteiger partial charge in [0.25, 0.3) is 0 Å². The fourth-order valence-corrected chi connectivity index (χ4v) is 15.0. The maximum atomic E-state index is 12.8. The van der Waals surface area contributed by atoms with Crippen LogP contribution in [0.25, 0.3) is 0 Å². The summed E-state index contributed by atoms with van der Waals surface area (Å²) >= 11 is 0. The Balaban J connectivity index is 0.000000172. The van der Waals surface area contributed by atoms with E-state index >= 15 is 0 Å². The Kier molecular flexibility index (Phi) is 9.88. The molecular formula is C48H64O8. The second-order valence-electron chi connectivity index (χ2n) is 20.1. The zero-order valence-corrected chi connectivity index (χ0v) is 35.5. The topological polar surface area (TPSA) is 121 Å². The van der Waals surface area contributed by atoms with Crippen molar-refractivity contribution in [2.24, 2.45) is 57.2 Å². The summed E-state index contributed by atoms with van der Waals surface area (Å²) < 4.78 is 11.6. The summed E-state index contributed by atoms with van der Waals surface area (Å²) in [7, 11) is 0. The van der Waals surface area contributed by atoms with E-state index in [1.54, 1.807) is 13.8 Å². The fourth-order valence-electron chi connectivity index (χ4n) is 15.0. The summed E-state index contributed by atoms with van der Waals surface area (Å²) in [6, 6.07) is 0. The number of carbonyl (C=O) groups excluding carboxylic acids is 6. The van der Waals surface area contributed by atoms with Gasteiger partial charge in [-0.15, -0.1) is 0 Å². The van der Waals surface area contributed by atoms with E-state index in [9.17, 15) is 28.8 Å². The molecule has 8 aliphatic rings. The quantitative estimate of drug-likeness (QED) is 0.260. The molecule has 0 saturated heterocycles. The van der Waals surface area contributed by atoms with Crippen LogP contribution >= 0.6 is 0 Å². The molecule has 0 amide bonds. The minimum Gasteiger partial charge on any atom is -0.451 e. The van der Waals surface area contributed by atoms with Gasteiger partial charge >= 0.3 is 11.9 Å². The number of Topliss-reactive ketones (excluding diaryl/α,β-unsaturated/α-hetero) is 2. The first kappa shape index (κ1) is 40.8. The maximum Gasteiger partial charge on any atom is 0.303 e. The highest BCUT2D eigenvalue weighted by atomic mass is 16.6. The monoisotopic (exact) mass is 768 g/mol. The van der Waals surface area contributed by atoms with Gasteiger partial charge in [-0.05, 0) is 162 Å². The highest BCUT2D eigenvalue weighted by Crippen LogP contribution is 2.69. The molecule has 0 aromatic heterocycles. The van der Waals surface area contributed by atoms with Crippen LogP contribution in [0.1, 0.15) is 146 Å². The van der Waals surface area contributed by atoms with Crippen molar-refractivity contribution in [2.45, 2.75) is 157 Å². The van der Waals surface area contributed by atoms with Gasteiger partial charge in [-0.3, -0.25) is 28.8 Å². The van der Waals surface area contributed by atoms with Crippen molar-refractivity contribution >= 4 is 35.1 Å².